The first-order chi connectivity index (χ1) is 9.47. The van der Waals surface area contributed by atoms with E-state index in [0.29, 0.717) is 5.69 Å². The second-order valence-electron chi connectivity index (χ2n) is 4.93. The largest absolute Gasteiger partial charge is 0.396 e. The molecule has 0 bridgehead atoms. The molecule has 2 atom stereocenters. The molecule has 110 valence electrons. The monoisotopic (exact) mass is 278 g/mol. The molecule has 1 aromatic rings. The topological polar surface area (TPSA) is 78.4 Å². The maximum atomic E-state index is 11.7. The Kier molecular flexibility index (Phi) is 6.18. The molecule has 5 heteroatoms. The van der Waals surface area contributed by atoms with Crippen molar-refractivity contribution >= 4 is 17.5 Å². The summed E-state index contributed by atoms with van der Waals surface area (Å²) in [6.07, 6.45) is 0.922. The normalized spacial score (nSPS) is 13.4. The summed E-state index contributed by atoms with van der Waals surface area (Å²) in [6, 6.07) is 7.09. The number of aliphatic hydroxyl groups excluding tert-OH is 1. The molecule has 0 aliphatic rings. The quantitative estimate of drug-likeness (QED) is 0.711. The van der Waals surface area contributed by atoms with Crippen LogP contribution < -0.4 is 10.6 Å². The number of carbonyl (C=O) groups is 2. The molecule has 5 nitrogen and oxygen atoms in total. The van der Waals surface area contributed by atoms with Gasteiger partial charge in [-0.15, -0.1) is 0 Å². The van der Waals surface area contributed by atoms with E-state index >= 15 is 0 Å². The van der Waals surface area contributed by atoms with Crippen LogP contribution in [0, 0.1) is 5.92 Å². The number of hydrogen-bond acceptors (Lipinski definition) is 3. The van der Waals surface area contributed by atoms with Crippen LogP contribution in [0.2, 0.25) is 0 Å². The second-order valence-corrected chi connectivity index (χ2v) is 4.93. The van der Waals surface area contributed by atoms with Gasteiger partial charge in [0.05, 0.1) is 0 Å². The van der Waals surface area contributed by atoms with Gasteiger partial charge in [0.2, 0.25) is 0 Å². The second kappa shape index (κ2) is 7.65. The van der Waals surface area contributed by atoms with E-state index in [-0.39, 0.29) is 18.6 Å². The molecule has 0 heterocycles. The van der Waals surface area contributed by atoms with Crippen molar-refractivity contribution in [1.82, 2.24) is 5.32 Å². The zero-order valence-electron chi connectivity index (χ0n) is 12.1. The van der Waals surface area contributed by atoms with Gasteiger partial charge in [-0.2, -0.15) is 0 Å². The van der Waals surface area contributed by atoms with Gasteiger partial charge in [0.1, 0.15) is 0 Å². The summed E-state index contributed by atoms with van der Waals surface area (Å²) in [7, 11) is 0. The van der Waals surface area contributed by atoms with E-state index in [1.165, 1.54) is 0 Å². The first kappa shape index (κ1) is 16.2. The van der Waals surface area contributed by atoms with Crippen LogP contribution in [-0.4, -0.2) is 29.6 Å². The van der Waals surface area contributed by atoms with E-state index in [9.17, 15) is 9.59 Å². The number of carbonyl (C=O) groups excluding carboxylic acids is 2. The highest BCUT2D eigenvalue weighted by molar-refractivity contribution is 6.39. The Morgan fingerprint density at radius 2 is 1.75 bits per heavy atom. The predicted octanol–water partition coefficient (Wildman–Crippen LogP) is 1.32. The zero-order valence-corrected chi connectivity index (χ0v) is 12.1. The lowest BCUT2D eigenvalue weighted by Crippen LogP contribution is -2.43. The lowest BCUT2D eigenvalue weighted by Gasteiger charge is -2.18. The van der Waals surface area contributed by atoms with Gasteiger partial charge in [-0.3, -0.25) is 9.59 Å². The number of amides is 2. The highest BCUT2D eigenvalue weighted by Crippen LogP contribution is 2.10. The van der Waals surface area contributed by atoms with E-state index in [4.69, 9.17) is 5.11 Å². The van der Waals surface area contributed by atoms with E-state index in [2.05, 4.69) is 10.6 Å². The number of aliphatic hydroxyl groups is 1. The van der Waals surface area contributed by atoms with Crippen molar-refractivity contribution in [2.24, 2.45) is 5.92 Å². The van der Waals surface area contributed by atoms with E-state index in [1.807, 2.05) is 19.1 Å². The minimum atomic E-state index is -0.703. The van der Waals surface area contributed by atoms with Crippen molar-refractivity contribution in [3.63, 3.8) is 0 Å². The number of anilines is 1. The smallest absolute Gasteiger partial charge is 0.313 e. The maximum Gasteiger partial charge on any atom is 0.313 e. The molecule has 0 fully saturated rings. The molecule has 0 spiro atoms. The Bertz CT molecular complexity index is 457. The molecule has 2 amide bonds. The van der Waals surface area contributed by atoms with Gasteiger partial charge >= 0.3 is 11.8 Å². The van der Waals surface area contributed by atoms with Gasteiger partial charge in [0, 0.05) is 18.3 Å². The zero-order chi connectivity index (χ0) is 15.1. The number of aryl methyl sites for hydroxylation is 1. The summed E-state index contributed by atoms with van der Waals surface area (Å²) in [4.78, 5) is 23.4. The number of nitrogens with one attached hydrogen (secondary N) is 2. The Morgan fingerprint density at radius 3 is 2.25 bits per heavy atom. The summed E-state index contributed by atoms with van der Waals surface area (Å²) in [5.41, 5.74) is 1.75. The third-order valence-corrected chi connectivity index (χ3v) is 3.33. The summed E-state index contributed by atoms with van der Waals surface area (Å²) in [5.74, 6) is -1.50. The number of benzene rings is 1. The Morgan fingerprint density at radius 1 is 1.15 bits per heavy atom. The van der Waals surface area contributed by atoms with Crippen LogP contribution in [0.15, 0.2) is 24.3 Å². The number of rotatable bonds is 5. The Hall–Kier alpha value is -1.88. The summed E-state index contributed by atoms with van der Waals surface area (Å²) in [6.45, 7) is 5.56. The van der Waals surface area contributed by atoms with E-state index in [1.54, 1.807) is 26.0 Å². The summed E-state index contributed by atoms with van der Waals surface area (Å²) in [5, 5.41) is 14.1. The molecule has 0 aromatic heterocycles. The molecule has 0 aliphatic heterocycles. The fraction of sp³-hybridized carbons (Fsp3) is 0.467. The average molecular weight is 278 g/mol. The fourth-order valence-electron chi connectivity index (χ4n) is 1.58. The van der Waals surface area contributed by atoms with Gasteiger partial charge in [0.25, 0.3) is 0 Å². The third kappa shape index (κ3) is 4.66. The van der Waals surface area contributed by atoms with Crippen molar-refractivity contribution < 1.29 is 14.7 Å². The van der Waals surface area contributed by atoms with Gasteiger partial charge in [-0.25, -0.2) is 0 Å². The molecule has 2 unspecified atom stereocenters. The van der Waals surface area contributed by atoms with Crippen LogP contribution in [-0.2, 0) is 16.0 Å². The first-order valence-electron chi connectivity index (χ1n) is 6.79. The van der Waals surface area contributed by atoms with Gasteiger partial charge < -0.3 is 15.7 Å². The van der Waals surface area contributed by atoms with Crippen LogP contribution in [0.4, 0.5) is 5.69 Å². The predicted molar refractivity (Wildman–Crippen MR) is 78.3 cm³/mol. The molecule has 20 heavy (non-hydrogen) atoms. The molecule has 0 radical (unpaired) electrons. The van der Waals surface area contributed by atoms with Crippen LogP contribution in [0.1, 0.15) is 26.3 Å². The first-order valence-corrected chi connectivity index (χ1v) is 6.79. The van der Waals surface area contributed by atoms with Crippen LogP contribution in [0.5, 0.6) is 0 Å². The van der Waals surface area contributed by atoms with Crippen molar-refractivity contribution in [3.05, 3.63) is 29.8 Å². The van der Waals surface area contributed by atoms with Gasteiger partial charge in [-0.1, -0.05) is 26.0 Å². The summed E-state index contributed by atoms with van der Waals surface area (Å²) < 4.78 is 0. The highest BCUT2D eigenvalue weighted by atomic mass is 16.3. The van der Waals surface area contributed by atoms with E-state index in [0.717, 1.165) is 12.0 Å². The molecule has 1 rings (SSSR count). The van der Waals surface area contributed by atoms with Crippen LogP contribution in [0.25, 0.3) is 0 Å². The molecule has 0 saturated heterocycles. The van der Waals surface area contributed by atoms with Gasteiger partial charge in [0.15, 0.2) is 0 Å². The summed E-state index contributed by atoms with van der Waals surface area (Å²) >= 11 is 0. The lowest BCUT2D eigenvalue weighted by atomic mass is 10.1. The minimum Gasteiger partial charge on any atom is -0.396 e. The molecule has 0 aliphatic carbocycles. The highest BCUT2D eigenvalue weighted by Gasteiger charge is 2.19. The SMILES string of the molecule is CCc1ccc(NC(=O)C(=O)NC(C)C(C)CO)cc1. The van der Waals surface area contributed by atoms with Crippen LogP contribution >= 0.6 is 0 Å². The Labute approximate surface area is 119 Å². The average Bonchev–Trinajstić information content (AvgIpc) is 2.46. The third-order valence-electron chi connectivity index (χ3n) is 3.33. The minimum absolute atomic E-state index is 0.0401. The molecule has 1 aromatic carbocycles. The molecular formula is C15H22N2O3. The van der Waals surface area contributed by atoms with Crippen molar-refractivity contribution in [2.45, 2.75) is 33.2 Å². The lowest BCUT2D eigenvalue weighted by molar-refractivity contribution is -0.136. The molecule has 0 saturated carbocycles. The maximum absolute atomic E-state index is 11.7. The standard InChI is InChI=1S/C15H22N2O3/c1-4-12-5-7-13(8-6-12)17-15(20)14(19)16-11(3)10(2)9-18/h5-8,10-11,18H,4,9H2,1-3H3,(H,16,19)(H,17,20). The number of hydrogen-bond donors (Lipinski definition) is 3. The van der Waals surface area contributed by atoms with Crippen molar-refractivity contribution in [2.75, 3.05) is 11.9 Å². The van der Waals surface area contributed by atoms with E-state index < -0.39 is 11.8 Å². The van der Waals surface area contributed by atoms with Crippen LogP contribution in [0.3, 0.4) is 0 Å². The van der Waals surface area contributed by atoms with Gasteiger partial charge in [-0.05, 0) is 37.0 Å². The molecule has 3 N–H and O–H groups in total. The molecular weight excluding hydrogens is 256 g/mol. The fourth-order valence-corrected chi connectivity index (χ4v) is 1.58. The Balaban J connectivity index is 2.54. The van der Waals surface area contributed by atoms with Crippen molar-refractivity contribution in [3.8, 4) is 0 Å². The van der Waals surface area contributed by atoms with Crippen molar-refractivity contribution in [1.29, 1.82) is 0 Å².